The zero-order valence-electron chi connectivity index (χ0n) is 13.2. The van der Waals surface area contributed by atoms with Crippen LogP contribution in [-0.2, 0) is 17.8 Å². The monoisotopic (exact) mass is 344 g/mol. The highest BCUT2D eigenvalue weighted by molar-refractivity contribution is 5.78. The molecule has 0 aliphatic rings. The maximum Gasteiger partial charge on any atom is 0.226 e. The minimum Gasteiger partial charge on any atom is -0.352 e. The molecule has 0 radical (unpaired) electrons. The molecule has 0 unspecified atom stereocenters. The molecule has 1 N–H and O–H groups in total. The van der Waals surface area contributed by atoms with Gasteiger partial charge in [-0.25, -0.2) is 13.2 Å². The Labute approximate surface area is 142 Å². The molecule has 0 atom stereocenters. The molecule has 1 amide bonds. The van der Waals surface area contributed by atoms with Crippen molar-refractivity contribution in [3.8, 4) is 5.69 Å². The maximum absolute atomic E-state index is 13.6. The van der Waals surface area contributed by atoms with Crippen LogP contribution in [0.15, 0.2) is 60.8 Å². The molecule has 1 aromatic heterocycles. The van der Waals surface area contributed by atoms with Gasteiger partial charge < -0.3 is 9.88 Å². The summed E-state index contributed by atoms with van der Waals surface area (Å²) in [6, 6.07) is 12.5. The second kappa shape index (κ2) is 7.25. The maximum atomic E-state index is 13.6. The van der Waals surface area contributed by atoms with E-state index in [1.165, 1.54) is 12.1 Å². The molecule has 0 fully saturated rings. The lowest BCUT2D eigenvalue weighted by molar-refractivity contribution is -0.120. The molecule has 3 nitrogen and oxygen atoms in total. The van der Waals surface area contributed by atoms with Crippen LogP contribution in [0.3, 0.4) is 0 Å². The van der Waals surface area contributed by atoms with Crippen molar-refractivity contribution in [2.24, 2.45) is 0 Å². The van der Waals surface area contributed by atoms with Gasteiger partial charge in [-0.1, -0.05) is 0 Å². The zero-order valence-corrected chi connectivity index (χ0v) is 13.2. The third-order valence-electron chi connectivity index (χ3n) is 3.76. The van der Waals surface area contributed by atoms with Crippen LogP contribution < -0.4 is 5.32 Å². The minimum atomic E-state index is -0.573. The average molecular weight is 344 g/mol. The van der Waals surface area contributed by atoms with E-state index in [0.717, 1.165) is 23.9 Å². The molecule has 3 aromatic rings. The van der Waals surface area contributed by atoms with Gasteiger partial charge in [0, 0.05) is 29.7 Å². The lowest BCUT2D eigenvalue weighted by Crippen LogP contribution is -2.26. The molecule has 0 saturated heterocycles. The van der Waals surface area contributed by atoms with Gasteiger partial charge in [-0.15, -0.1) is 0 Å². The van der Waals surface area contributed by atoms with Gasteiger partial charge in [-0.05, 0) is 54.6 Å². The summed E-state index contributed by atoms with van der Waals surface area (Å²) in [6.45, 7) is -0.0975. The Morgan fingerprint density at radius 3 is 2.44 bits per heavy atom. The summed E-state index contributed by atoms with van der Waals surface area (Å²) in [6.07, 6.45) is 1.82. The summed E-state index contributed by atoms with van der Waals surface area (Å²) in [5.41, 5.74) is 1.51. The van der Waals surface area contributed by atoms with Crippen LogP contribution in [0.4, 0.5) is 13.2 Å². The van der Waals surface area contributed by atoms with Gasteiger partial charge in [-0.2, -0.15) is 0 Å². The normalized spacial score (nSPS) is 10.7. The van der Waals surface area contributed by atoms with Crippen molar-refractivity contribution in [1.82, 2.24) is 9.88 Å². The second-order valence-corrected chi connectivity index (χ2v) is 5.54. The highest BCUT2D eigenvalue weighted by atomic mass is 19.1. The van der Waals surface area contributed by atoms with Crippen LogP contribution in [-0.4, -0.2) is 10.5 Å². The molecule has 128 valence electrons. The van der Waals surface area contributed by atoms with E-state index < -0.39 is 11.6 Å². The fourth-order valence-electron chi connectivity index (χ4n) is 2.51. The molecular formula is C19H15F3N2O. The summed E-state index contributed by atoms with van der Waals surface area (Å²) in [4.78, 5) is 12.1. The third kappa shape index (κ3) is 4.09. The van der Waals surface area contributed by atoms with Gasteiger partial charge in [0.1, 0.15) is 17.5 Å². The van der Waals surface area contributed by atoms with E-state index >= 15 is 0 Å². The van der Waals surface area contributed by atoms with E-state index in [4.69, 9.17) is 0 Å². The molecule has 0 saturated carbocycles. The van der Waals surface area contributed by atoms with Gasteiger partial charge >= 0.3 is 0 Å². The first-order valence-electron chi connectivity index (χ1n) is 7.66. The van der Waals surface area contributed by atoms with Gasteiger partial charge in [0.15, 0.2) is 0 Å². The van der Waals surface area contributed by atoms with E-state index in [0.29, 0.717) is 5.69 Å². The first-order chi connectivity index (χ1) is 12.0. The van der Waals surface area contributed by atoms with Crippen LogP contribution in [0.25, 0.3) is 5.69 Å². The fraction of sp³-hybridized carbons (Fsp3) is 0.105. The number of hydrogen-bond donors (Lipinski definition) is 1. The van der Waals surface area contributed by atoms with E-state index in [2.05, 4.69) is 5.32 Å². The van der Waals surface area contributed by atoms with Crippen LogP contribution >= 0.6 is 0 Å². The van der Waals surface area contributed by atoms with Crippen molar-refractivity contribution in [2.45, 2.75) is 13.0 Å². The van der Waals surface area contributed by atoms with Gasteiger partial charge in [-0.3, -0.25) is 4.79 Å². The Morgan fingerprint density at radius 2 is 1.68 bits per heavy atom. The molecule has 25 heavy (non-hydrogen) atoms. The van der Waals surface area contributed by atoms with E-state index in [1.54, 1.807) is 35.0 Å². The topological polar surface area (TPSA) is 34.0 Å². The Bertz CT molecular complexity index is 888. The van der Waals surface area contributed by atoms with Crippen molar-refractivity contribution >= 4 is 5.91 Å². The number of halogens is 3. The number of amides is 1. The molecular weight excluding hydrogens is 329 g/mol. The molecule has 6 heteroatoms. The Morgan fingerprint density at radius 1 is 0.960 bits per heavy atom. The summed E-state index contributed by atoms with van der Waals surface area (Å²) >= 11 is 0. The molecule has 0 aliphatic carbocycles. The lowest BCUT2D eigenvalue weighted by atomic mass is 10.2. The molecule has 2 aromatic carbocycles. The second-order valence-electron chi connectivity index (χ2n) is 5.54. The zero-order chi connectivity index (χ0) is 17.8. The number of nitrogens with one attached hydrogen (secondary N) is 1. The lowest BCUT2D eigenvalue weighted by Gasteiger charge is -2.10. The average Bonchev–Trinajstić information content (AvgIpc) is 3.04. The Kier molecular flexibility index (Phi) is 4.88. The molecule has 0 spiro atoms. The van der Waals surface area contributed by atoms with Crippen LogP contribution in [0.1, 0.15) is 11.3 Å². The van der Waals surface area contributed by atoms with Gasteiger partial charge in [0.2, 0.25) is 5.91 Å². The first kappa shape index (κ1) is 16.8. The molecule has 3 rings (SSSR count). The van der Waals surface area contributed by atoms with E-state index in [1.807, 2.05) is 0 Å². The third-order valence-corrected chi connectivity index (χ3v) is 3.76. The summed E-state index contributed by atoms with van der Waals surface area (Å²) in [5.74, 6) is -1.80. The Hall–Kier alpha value is -3.02. The fourth-order valence-corrected chi connectivity index (χ4v) is 2.51. The van der Waals surface area contributed by atoms with E-state index in [9.17, 15) is 18.0 Å². The highest BCUT2D eigenvalue weighted by Crippen LogP contribution is 2.14. The SMILES string of the molecule is O=C(Cc1cccn1-c1ccc(F)cc1)NCc1cc(F)ccc1F. The van der Waals surface area contributed by atoms with Crippen LogP contribution in [0.2, 0.25) is 0 Å². The van der Waals surface area contributed by atoms with E-state index in [-0.39, 0.29) is 30.3 Å². The van der Waals surface area contributed by atoms with Crippen molar-refractivity contribution in [2.75, 3.05) is 0 Å². The summed E-state index contributed by atoms with van der Waals surface area (Å²) in [7, 11) is 0. The number of hydrogen-bond acceptors (Lipinski definition) is 1. The number of nitrogens with zero attached hydrogens (tertiary/aromatic N) is 1. The van der Waals surface area contributed by atoms with Crippen molar-refractivity contribution < 1.29 is 18.0 Å². The number of carbonyl (C=O) groups is 1. The smallest absolute Gasteiger partial charge is 0.226 e. The molecule has 0 aliphatic heterocycles. The predicted molar refractivity (Wildman–Crippen MR) is 87.6 cm³/mol. The van der Waals surface area contributed by atoms with Crippen molar-refractivity contribution in [3.63, 3.8) is 0 Å². The summed E-state index contributed by atoms with van der Waals surface area (Å²) in [5, 5.41) is 2.57. The molecule has 0 bridgehead atoms. The van der Waals surface area contributed by atoms with Crippen LogP contribution in [0.5, 0.6) is 0 Å². The summed E-state index contributed by atoms with van der Waals surface area (Å²) < 4.78 is 41.5. The van der Waals surface area contributed by atoms with Gasteiger partial charge in [0.25, 0.3) is 0 Å². The van der Waals surface area contributed by atoms with Crippen LogP contribution in [0, 0.1) is 17.5 Å². The number of rotatable bonds is 5. The highest BCUT2D eigenvalue weighted by Gasteiger charge is 2.10. The quantitative estimate of drug-likeness (QED) is 0.751. The number of aromatic nitrogens is 1. The number of carbonyl (C=O) groups excluding carboxylic acids is 1. The Balaban J connectivity index is 1.67. The standard InChI is InChI=1S/C19H15F3N2O/c20-14-3-6-16(7-4-14)24-9-1-2-17(24)11-19(25)23-12-13-10-15(21)5-8-18(13)22/h1-10H,11-12H2,(H,23,25). The van der Waals surface area contributed by atoms with Crippen molar-refractivity contribution in [1.29, 1.82) is 0 Å². The molecule has 1 heterocycles. The largest absolute Gasteiger partial charge is 0.352 e. The minimum absolute atomic E-state index is 0.0569. The number of benzene rings is 2. The predicted octanol–water partition coefficient (Wildman–Crippen LogP) is 3.75. The van der Waals surface area contributed by atoms with Gasteiger partial charge in [0.05, 0.1) is 6.42 Å². The first-order valence-corrected chi connectivity index (χ1v) is 7.66. The van der Waals surface area contributed by atoms with Crippen molar-refractivity contribution in [3.05, 3.63) is 89.5 Å².